The number of para-hydroxylation sites is 1. The normalized spacial score (nSPS) is 25.8. The molecule has 0 amide bonds. The molecule has 1 aromatic carbocycles. The van der Waals surface area contributed by atoms with Crippen molar-refractivity contribution < 1.29 is 33.0 Å². The van der Waals surface area contributed by atoms with Gasteiger partial charge in [-0.1, -0.05) is 23.3 Å². The van der Waals surface area contributed by atoms with Crippen molar-refractivity contribution in [3.05, 3.63) is 47.1 Å². The third-order valence-electron chi connectivity index (χ3n) is 6.91. The minimum atomic E-state index is -4.25. The van der Waals surface area contributed by atoms with Gasteiger partial charge in [0.1, 0.15) is 23.4 Å². The van der Waals surface area contributed by atoms with E-state index in [1.807, 2.05) is 0 Å². The van der Waals surface area contributed by atoms with Gasteiger partial charge in [0.05, 0.1) is 26.1 Å². The maximum absolute atomic E-state index is 13.8. The Morgan fingerprint density at radius 3 is 2.79 bits per heavy atom. The first-order valence-corrected chi connectivity index (χ1v) is 14.6. The highest BCUT2D eigenvalue weighted by Crippen LogP contribution is 2.48. The lowest BCUT2D eigenvalue weighted by Crippen LogP contribution is -2.43. The van der Waals surface area contributed by atoms with Crippen LogP contribution in [-0.4, -0.2) is 74.1 Å². The third-order valence-corrected chi connectivity index (χ3v) is 8.55. The molecule has 2 aromatic heterocycles. The van der Waals surface area contributed by atoms with Crippen LogP contribution in [0, 0.1) is 0 Å². The molecule has 0 bridgehead atoms. The number of azide groups is 1. The van der Waals surface area contributed by atoms with Crippen LogP contribution in [0.5, 0.6) is 5.75 Å². The molecule has 2 aliphatic rings. The summed E-state index contributed by atoms with van der Waals surface area (Å²) in [6.45, 7) is 2.44. The summed E-state index contributed by atoms with van der Waals surface area (Å²) in [6.07, 6.45) is -0.332. The first-order chi connectivity index (χ1) is 20.1. The van der Waals surface area contributed by atoms with Gasteiger partial charge < -0.3 is 30.2 Å². The highest BCUT2D eigenvalue weighted by Gasteiger charge is 2.55. The maximum atomic E-state index is 13.8. The van der Waals surface area contributed by atoms with Gasteiger partial charge in [0.25, 0.3) is 0 Å². The van der Waals surface area contributed by atoms with Crippen LogP contribution in [0.4, 0.5) is 11.8 Å². The number of aliphatic hydroxyl groups excluding tert-OH is 1. The van der Waals surface area contributed by atoms with Crippen LogP contribution in [0.1, 0.15) is 32.9 Å². The highest BCUT2D eigenvalue weighted by molar-refractivity contribution is 7.52. The molecule has 18 heteroatoms. The number of fused-ring (bicyclic) bond motifs is 1. The SMILES string of the molecule is COC(=O)[C@H](C)NP(=O)(OC[C@H]1O[C@@H](n2cnc3c(NC4CC4)nc(N)nc32)[C@](C)(N=[N+]=[N-])[C@@H]1O)Oc1ccccc1. The van der Waals surface area contributed by atoms with Gasteiger partial charge in [0.15, 0.2) is 23.2 Å². The molecule has 224 valence electrons. The minimum absolute atomic E-state index is 0.0129. The molecular formula is C24H31N10O7P. The van der Waals surface area contributed by atoms with Crippen LogP contribution < -0.4 is 20.7 Å². The van der Waals surface area contributed by atoms with E-state index >= 15 is 0 Å². The maximum Gasteiger partial charge on any atom is 0.459 e. The number of nitrogens with one attached hydrogen (secondary N) is 2. The molecule has 6 atom stereocenters. The van der Waals surface area contributed by atoms with Gasteiger partial charge in [-0.3, -0.25) is 13.9 Å². The Bertz CT molecular complexity index is 1550. The van der Waals surface area contributed by atoms with Gasteiger partial charge in [0.2, 0.25) is 5.95 Å². The molecule has 3 aromatic rings. The monoisotopic (exact) mass is 602 g/mol. The second kappa shape index (κ2) is 11.7. The zero-order valence-corrected chi connectivity index (χ0v) is 23.9. The fourth-order valence-electron chi connectivity index (χ4n) is 4.56. The molecule has 17 nitrogen and oxygen atoms in total. The predicted molar refractivity (Wildman–Crippen MR) is 149 cm³/mol. The number of imidazole rings is 1. The molecular weight excluding hydrogens is 571 g/mol. The molecule has 1 aliphatic carbocycles. The number of nitrogen functional groups attached to an aromatic ring is 1. The number of nitrogens with two attached hydrogens (primary N) is 1. The Morgan fingerprint density at radius 2 is 2.12 bits per heavy atom. The number of anilines is 2. The standard InChI is InChI=1S/C24H31N10O7P/c1-13(21(36)38-3)31-42(37,41-15-7-5-4-6-8-15)39-11-16-18(35)24(2,32-33-26)22(40-16)34-12-27-17-19(28-14-9-10-14)29-23(25)30-20(17)34/h4-8,12-14,16,18,22,35H,9-11H2,1-3H3,(H,31,37)(H3,25,28,29,30)/t13-,16+,18+,22+,24+,42?/m0/s1. The summed E-state index contributed by atoms with van der Waals surface area (Å²) >= 11 is 0. The van der Waals surface area contributed by atoms with E-state index in [2.05, 4.69) is 35.4 Å². The van der Waals surface area contributed by atoms with Crippen LogP contribution in [0.3, 0.4) is 0 Å². The quantitative estimate of drug-likeness (QED) is 0.0768. The second-order valence-corrected chi connectivity index (χ2v) is 11.8. The zero-order chi connectivity index (χ0) is 30.1. The van der Waals surface area contributed by atoms with E-state index in [4.69, 9.17) is 24.3 Å². The highest BCUT2D eigenvalue weighted by atomic mass is 31.2. The first kappa shape index (κ1) is 29.5. The average molecular weight is 603 g/mol. The number of rotatable bonds is 12. The lowest BCUT2D eigenvalue weighted by molar-refractivity contribution is -0.142. The zero-order valence-electron chi connectivity index (χ0n) is 23.0. The van der Waals surface area contributed by atoms with Gasteiger partial charge >= 0.3 is 13.7 Å². The summed E-state index contributed by atoms with van der Waals surface area (Å²) in [6, 6.07) is 7.38. The fourth-order valence-corrected chi connectivity index (χ4v) is 6.06. The number of nitrogens with zero attached hydrogens (tertiary/aromatic N) is 7. The minimum Gasteiger partial charge on any atom is -0.468 e. The van der Waals surface area contributed by atoms with Gasteiger partial charge in [0, 0.05) is 11.0 Å². The van der Waals surface area contributed by atoms with Crippen molar-refractivity contribution in [3.8, 4) is 5.75 Å². The van der Waals surface area contributed by atoms with Crippen LogP contribution in [0.15, 0.2) is 41.8 Å². The van der Waals surface area contributed by atoms with Gasteiger partial charge in [-0.2, -0.15) is 15.1 Å². The molecule has 1 aliphatic heterocycles. The molecule has 42 heavy (non-hydrogen) atoms. The van der Waals surface area contributed by atoms with E-state index in [0.717, 1.165) is 12.8 Å². The van der Waals surface area contributed by atoms with E-state index in [0.29, 0.717) is 11.3 Å². The molecule has 0 spiro atoms. The number of aromatic nitrogens is 4. The number of carbonyl (C=O) groups is 1. The number of hydrogen-bond acceptors (Lipinski definition) is 13. The smallest absolute Gasteiger partial charge is 0.459 e. The van der Waals surface area contributed by atoms with Crippen molar-refractivity contribution >= 4 is 36.6 Å². The number of methoxy groups -OCH3 is 1. The number of esters is 1. The van der Waals surface area contributed by atoms with Crippen LogP contribution >= 0.6 is 7.75 Å². The van der Waals surface area contributed by atoms with Crippen molar-refractivity contribution in [1.82, 2.24) is 24.6 Å². The molecule has 1 unspecified atom stereocenters. The van der Waals surface area contributed by atoms with Gasteiger partial charge in [-0.25, -0.2) is 9.55 Å². The molecule has 0 radical (unpaired) electrons. The van der Waals surface area contributed by atoms with E-state index in [1.54, 1.807) is 30.3 Å². The van der Waals surface area contributed by atoms with E-state index in [9.17, 15) is 20.0 Å². The van der Waals surface area contributed by atoms with Crippen molar-refractivity contribution in [2.75, 3.05) is 24.8 Å². The molecule has 2 fully saturated rings. The number of aliphatic hydroxyl groups is 1. The van der Waals surface area contributed by atoms with Crippen molar-refractivity contribution in [3.63, 3.8) is 0 Å². The molecule has 5 N–H and O–H groups in total. The third kappa shape index (κ3) is 5.97. The summed E-state index contributed by atoms with van der Waals surface area (Å²) in [7, 11) is -3.06. The van der Waals surface area contributed by atoms with Gasteiger partial charge in [-0.05, 0) is 44.4 Å². The Balaban J connectivity index is 1.42. The second-order valence-electron chi connectivity index (χ2n) is 10.1. The number of ether oxygens (including phenoxy) is 2. The summed E-state index contributed by atoms with van der Waals surface area (Å²) in [5, 5.41) is 21.0. The van der Waals surface area contributed by atoms with E-state index < -0.39 is 50.3 Å². The summed E-state index contributed by atoms with van der Waals surface area (Å²) < 4.78 is 37.4. The molecule has 1 saturated carbocycles. The Morgan fingerprint density at radius 1 is 1.38 bits per heavy atom. The van der Waals surface area contributed by atoms with Crippen molar-refractivity contribution in [2.24, 2.45) is 5.11 Å². The Hall–Kier alpha value is -3.98. The Kier molecular flexibility index (Phi) is 8.23. The van der Waals surface area contributed by atoms with Crippen molar-refractivity contribution in [2.45, 2.75) is 62.7 Å². The largest absolute Gasteiger partial charge is 0.468 e. The van der Waals surface area contributed by atoms with Crippen LogP contribution in [0.2, 0.25) is 0 Å². The lowest BCUT2D eigenvalue weighted by atomic mass is 9.93. The number of benzene rings is 1. The van der Waals surface area contributed by atoms with Gasteiger partial charge in [-0.15, -0.1) is 0 Å². The number of hydrogen-bond donors (Lipinski definition) is 4. The van der Waals surface area contributed by atoms with E-state index in [-0.39, 0.29) is 23.4 Å². The summed E-state index contributed by atoms with van der Waals surface area (Å²) in [4.78, 5) is 28.0. The lowest BCUT2D eigenvalue weighted by Gasteiger charge is -2.28. The fraction of sp³-hybridized carbons (Fsp3) is 0.500. The predicted octanol–water partition coefficient (Wildman–Crippen LogP) is 2.66. The molecule has 3 heterocycles. The summed E-state index contributed by atoms with van der Waals surface area (Å²) in [5.74, 6) is -0.0612. The van der Waals surface area contributed by atoms with Crippen molar-refractivity contribution in [1.29, 1.82) is 0 Å². The van der Waals surface area contributed by atoms with Crippen LogP contribution in [-0.2, 0) is 23.4 Å². The first-order valence-electron chi connectivity index (χ1n) is 13.1. The number of carbonyl (C=O) groups excluding carboxylic acids is 1. The van der Waals surface area contributed by atoms with E-state index in [1.165, 1.54) is 31.9 Å². The van der Waals surface area contributed by atoms with Crippen LogP contribution in [0.25, 0.3) is 21.6 Å². The topological polar surface area (TPSA) is 234 Å². The average Bonchev–Trinajstić information content (AvgIpc) is 3.63. The Labute approximate surface area is 239 Å². The molecule has 5 rings (SSSR count). The molecule has 1 saturated heterocycles. The summed E-state index contributed by atoms with van der Waals surface area (Å²) in [5.41, 5.74) is 14.5.